The van der Waals surface area contributed by atoms with E-state index in [-0.39, 0.29) is 22.8 Å². The number of aromatic hydroxyl groups is 2. The summed E-state index contributed by atoms with van der Waals surface area (Å²) >= 11 is 0. The first-order valence-corrected chi connectivity index (χ1v) is 9.12. The Morgan fingerprint density at radius 2 is 1.63 bits per heavy atom. The molecule has 0 amide bonds. The van der Waals surface area contributed by atoms with Gasteiger partial charge >= 0.3 is 0 Å². The number of hydrogen-bond acceptors (Lipinski definition) is 9. The number of allylic oxidation sites excluding steroid dienone is 1. The molecule has 1 heterocycles. The van der Waals surface area contributed by atoms with Crippen molar-refractivity contribution < 1.29 is 44.9 Å². The fraction of sp³-hybridized carbons (Fsp3) is 0.286. The molecule has 0 aliphatic carbocycles. The normalized spacial score (nSPS) is 26.6. The van der Waals surface area contributed by atoms with Crippen molar-refractivity contribution in [3.8, 4) is 17.2 Å². The van der Waals surface area contributed by atoms with E-state index in [0.717, 1.165) is 6.07 Å². The van der Waals surface area contributed by atoms with Crippen LogP contribution in [0.25, 0.3) is 6.08 Å². The van der Waals surface area contributed by atoms with Gasteiger partial charge in [-0.3, -0.25) is 4.79 Å². The van der Waals surface area contributed by atoms with E-state index in [1.807, 2.05) is 0 Å². The van der Waals surface area contributed by atoms with E-state index < -0.39 is 43.1 Å². The maximum Gasteiger partial charge on any atom is 0.229 e. The zero-order valence-corrected chi connectivity index (χ0v) is 15.7. The summed E-state index contributed by atoms with van der Waals surface area (Å²) in [5.41, 5.74) is 0.705. The molecule has 0 unspecified atom stereocenters. The van der Waals surface area contributed by atoms with E-state index in [0.29, 0.717) is 5.56 Å². The van der Waals surface area contributed by atoms with E-state index in [1.165, 1.54) is 36.4 Å². The molecule has 1 fully saturated rings. The highest BCUT2D eigenvalue weighted by atomic mass is 16.7. The minimum atomic E-state index is -1.67. The summed E-state index contributed by atoms with van der Waals surface area (Å²) in [6.07, 6.45) is -4.77. The predicted molar refractivity (Wildman–Crippen MR) is 104 cm³/mol. The highest BCUT2D eigenvalue weighted by molar-refractivity contribution is 6.08. The summed E-state index contributed by atoms with van der Waals surface area (Å²) in [5, 5.41) is 58.2. The molecule has 0 radical (unpaired) electrons. The molecule has 30 heavy (non-hydrogen) atoms. The minimum absolute atomic E-state index is 0.0415. The molecule has 2 aromatic carbocycles. The number of aliphatic hydroxyl groups is 4. The largest absolute Gasteiger partial charge is 0.508 e. The molecule has 160 valence electrons. The van der Waals surface area contributed by atoms with Crippen LogP contribution in [0.2, 0.25) is 0 Å². The Balaban J connectivity index is 1.82. The fourth-order valence-corrected chi connectivity index (χ4v) is 2.95. The second-order valence-corrected chi connectivity index (χ2v) is 6.78. The topological polar surface area (TPSA) is 157 Å². The Kier molecular flexibility index (Phi) is 6.70. The van der Waals surface area contributed by atoms with E-state index >= 15 is 0 Å². The summed E-state index contributed by atoms with van der Waals surface area (Å²) in [6, 6.07) is 9.91. The first-order valence-electron chi connectivity index (χ1n) is 9.12. The van der Waals surface area contributed by atoms with Crippen LogP contribution in [0.4, 0.5) is 0 Å². The van der Waals surface area contributed by atoms with Gasteiger partial charge in [0.1, 0.15) is 41.7 Å². The molecule has 0 saturated carbocycles. The Morgan fingerprint density at radius 1 is 0.967 bits per heavy atom. The maximum atomic E-state index is 12.6. The fourth-order valence-electron chi connectivity index (χ4n) is 2.95. The molecule has 1 aliphatic rings. The molecule has 1 aliphatic heterocycles. The molecule has 6 N–H and O–H groups in total. The first-order chi connectivity index (χ1) is 14.3. The van der Waals surface area contributed by atoms with Crippen LogP contribution in [0.5, 0.6) is 17.2 Å². The van der Waals surface area contributed by atoms with Crippen LogP contribution in [0.3, 0.4) is 0 Å². The zero-order chi connectivity index (χ0) is 21.8. The average molecular weight is 418 g/mol. The number of aliphatic hydroxyl groups excluding tert-OH is 4. The van der Waals surface area contributed by atoms with E-state index in [2.05, 4.69) is 0 Å². The number of rotatable bonds is 6. The molecule has 1 saturated heterocycles. The molecule has 5 atom stereocenters. The number of carbonyl (C=O) groups excluding carboxylic acids is 1. The van der Waals surface area contributed by atoms with Gasteiger partial charge in [0.2, 0.25) is 6.29 Å². The van der Waals surface area contributed by atoms with Crippen molar-refractivity contribution in [1.82, 2.24) is 0 Å². The van der Waals surface area contributed by atoms with E-state index in [1.54, 1.807) is 12.1 Å². The second kappa shape index (κ2) is 9.24. The molecular formula is C21H22O9. The van der Waals surface area contributed by atoms with Gasteiger partial charge in [-0.25, -0.2) is 0 Å². The zero-order valence-electron chi connectivity index (χ0n) is 15.7. The maximum absolute atomic E-state index is 12.6. The lowest BCUT2D eigenvalue weighted by Crippen LogP contribution is -2.60. The molecule has 0 bridgehead atoms. The van der Waals surface area contributed by atoms with Crippen molar-refractivity contribution in [2.75, 3.05) is 6.61 Å². The monoisotopic (exact) mass is 418 g/mol. The SMILES string of the molecule is O=C(/C=C/c1ccc(O)cc1)c1ccc(O)cc1O[C@H]1O[C@@H](CO)[C@@H](O)[C@H](O)[C@H]1O. The van der Waals surface area contributed by atoms with Crippen molar-refractivity contribution in [3.05, 3.63) is 59.7 Å². The number of hydrogen-bond donors (Lipinski definition) is 6. The Bertz CT molecular complexity index is 907. The molecular weight excluding hydrogens is 396 g/mol. The van der Waals surface area contributed by atoms with Gasteiger partial charge in [0, 0.05) is 6.07 Å². The minimum Gasteiger partial charge on any atom is -0.508 e. The van der Waals surface area contributed by atoms with Crippen LogP contribution in [0.1, 0.15) is 15.9 Å². The second-order valence-electron chi connectivity index (χ2n) is 6.78. The third-order valence-corrected chi connectivity index (χ3v) is 4.64. The van der Waals surface area contributed by atoms with E-state index in [4.69, 9.17) is 9.47 Å². The van der Waals surface area contributed by atoms with Gasteiger partial charge in [0.25, 0.3) is 0 Å². The predicted octanol–water partition coefficient (Wildman–Crippen LogP) is 0.173. The molecule has 9 nitrogen and oxygen atoms in total. The summed E-state index contributed by atoms with van der Waals surface area (Å²) in [7, 11) is 0. The number of phenols is 2. The number of ketones is 1. The van der Waals surface area contributed by atoms with Crippen molar-refractivity contribution in [2.45, 2.75) is 30.7 Å². The Morgan fingerprint density at radius 3 is 2.30 bits per heavy atom. The Hall–Kier alpha value is -2.95. The number of ether oxygens (including phenoxy) is 2. The third kappa shape index (κ3) is 4.78. The summed E-state index contributed by atoms with van der Waals surface area (Å²) < 4.78 is 10.8. The third-order valence-electron chi connectivity index (χ3n) is 4.64. The van der Waals surface area contributed by atoms with Gasteiger partial charge < -0.3 is 40.1 Å². The average Bonchev–Trinajstić information content (AvgIpc) is 2.73. The van der Waals surface area contributed by atoms with Gasteiger partial charge in [-0.1, -0.05) is 18.2 Å². The molecule has 9 heteroatoms. The van der Waals surface area contributed by atoms with Crippen LogP contribution >= 0.6 is 0 Å². The molecule has 3 rings (SSSR count). The van der Waals surface area contributed by atoms with Crippen LogP contribution in [-0.2, 0) is 4.74 Å². The Labute approximate surface area is 171 Å². The molecule has 0 spiro atoms. The smallest absolute Gasteiger partial charge is 0.229 e. The lowest BCUT2D eigenvalue weighted by atomic mass is 9.99. The highest BCUT2D eigenvalue weighted by Crippen LogP contribution is 2.30. The van der Waals surface area contributed by atoms with E-state index in [9.17, 15) is 35.4 Å². The van der Waals surface area contributed by atoms with Crippen molar-refractivity contribution in [1.29, 1.82) is 0 Å². The summed E-state index contributed by atoms with van der Waals surface area (Å²) in [6.45, 7) is -0.633. The van der Waals surface area contributed by atoms with Crippen LogP contribution < -0.4 is 4.74 Å². The standard InChI is InChI=1S/C21H22O9/c22-10-17-18(26)19(27)20(28)21(30-17)29-16-9-13(24)6-7-14(16)15(25)8-3-11-1-4-12(23)5-2-11/h1-9,17-24,26-28H,10H2/b8-3+/t17-,18+,19-,20+,21-/m0/s1. The van der Waals surface area contributed by atoms with Gasteiger partial charge in [0.05, 0.1) is 12.2 Å². The van der Waals surface area contributed by atoms with Crippen molar-refractivity contribution in [3.63, 3.8) is 0 Å². The van der Waals surface area contributed by atoms with Crippen LogP contribution in [-0.4, -0.2) is 73.7 Å². The van der Waals surface area contributed by atoms with Gasteiger partial charge in [-0.15, -0.1) is 0 Å². The molecule has 0 aromatic heterocycles. The van der Waals surface area contributed by atoms with Crippen LogP contribution in [0, 0.1) is 0 Å². The quantitative estimate of drug-likeness (QED) is 0.284. The summed E-state index contributed by atoms with van der Waals surface area (Å²) in [5.74, 6) is -0.733. The highest BCUT2D eigenvalue weighted by Gasteiger charge is 2.45. The number of phenolic OH excluding ortho intramolecular Hbond substituents is 2. The van der Waals surface area contributed by atoms with Gasteiger partial charge in [-0.2, -0.15) is 0 Å². The van der Waals surface area contributed by atoms with Crippen molar-refractivity contribution >= 4 is 11.9 Å². The summed E-state index contributed by atoms with van der Waals surface area (Å²) in [4.78, 5) is 12.6. The van der Waals surface area contributed by atoms with Crippen LogP contribution in [0.15, 0.2) is 48.5 Å². The lowest BCUT2D eigenvalue weighted by molar-refractivity contribution is -0.277. The lowest BCUT2D eigenvalue weighted by Gasteiger charge is -2.39. The number of benzene rings is 2. The van der Waals surface area contributed by atoms with Gasteiger partial charge in [-0.05, 0) is 35.9 Å². The number of carbonyl (C=O) groups is 1. The first kappa shape index (κ1) is 21.8. The van der Waals surface area contributed by atoms with Crippen molar-refractivity contribution in [2.24, 2.45) is 0 Å². The van der Waals surface area contributed by atoms with Gasteiger partial charge in [0.15, 0.2) is 5.78 Å². The molecule has 2 aromatic rings.